The Morgan fingerprint density at radius 2 is 1.55 bits per heavy atom. The van der Waals surface area contributed by atoms with Gasteiger partial charge in [0.05, 0.1) is 0 Å². The molecule has 0 aliphatic carbocycles. The second-order valence-electron chi connectivity index (χ2n) is 3.28. The third kappa shape index (κ3) is 4.00. The highest BCUT2D eigenvalue weighted by Gasteiger charge is 2.15. The van der Waals surface area contributed by atoms with Crippen molar-refractivity contribution in [3.05, 3.63) is 0 Å². The largest absolute Gasteiger partial charge is 0.126 e. The minimum atomic E-state index is 0.751. The molecule has 0 N–H and O–H groups in total. The normalized spacial score (nSPS) is 16.4. The van der Waals surface area contributed by atoms with Crippen LogP contribution in [-0.2, 0) is 0 Å². The van der Waals surface area contributed by atoms with E-state index in [4.69, 9.17) is 11.6 Å². The van der Waals surface area contributed by atoms with Gasteiger partial charge in [0.1, 0.15) is 0 Å². The van der Waals surface area contributed by atoms with Crippen molar-refractivity contribution >= 4 is 11.6 Å². The molecule has 2 atom stereocenters. The summed E-state index contributed by atoms with van der Waals surface area (Å²) in [6.07, 6.45) is 5.18. The Kier molecular flexibility index (Phi) is 7.15. The number of hydrogen-bond acceptors (Lipinski definition) is 0. The molecule has 0 rings (SSSR count). The fourth-order valence-electron chi connectivity index (χ4n) is 1.71. The quantitative estimate of drug-likeness (QED) is 0.535. The van der Waals surface area contributed by atoms with E-state index < -0.39 is 0 Å². The van der Waals surface area contributed by atoms with E-state index in [9.17, 15) is 0 Å². The maximum absolute atomic E-state index is 5.88. The molecule has 0 aliphatic heterocycles. The first-order valence-electron chi connectivity index (χ1n) is 4.85. The zero-order chi connectivity index (χ0) is 8.69. The van der Waals surface area contributed by atoms with E-state index in [1.165, 1.54) is 25.7 Å². The van der Waals surface area contributed by atoms with Gasteiger partial charge in [-0.25, -0.2) is 0 Å². The second kappa shape index (κ2) is 6.97. The van der Waals surface area contributed by atoms with Crippen LogP contribution < -0.4 is 0 Å². The molecular formula is C10H21Cl. The summed E-state index contributed by atoms with van der Waals surface area (Å²) in [6, 6.07) is 0. The molecule has 0 fully saturated rings. The predicted octanol–water partition coefficient (Wildman–Crippen LogP) is 4.08. The van der Waals surface area contributed by atoms with Crippen molar-refractivity contribution < 1.29 is 0 Å². The van der Waals surface area contributed by atoms with Gasteiger partial charge in [0.15, 0.2) is 0 Å². The van der Waals surface area contributed by atoms with E-state index in [-0.39, 0.29) is 0 Å². The molecule has 0 aromatic heterocycles. The molecule has 0 heterocycles. The molecule has 0 nitrogen and oxygen atoms in total. The van der Waals surface area contributed by atoms with Crippen molar-refractivity contribution in [1.82, 2.24) is 0 Å². The third-order valence-electron chi connectivity index (χ3n) is 2.57. The lowest BCUT2D eigenvalue weighted by molar-refractivity contribution is 0.319. The minimum Gasteiger partial charge on any atom is -0.126 e. The first-order chi connectivity index (χ1) is 5.29. The average Bonchev–Trinajstić information content (AvgIpc) is 2.05. The highest BCUT2D eigenvalue weighted by Crippen LogP contribution is 2.24. The van der Waals surface area contributed by atoms with Gasteiger partial charge in [0.25, 0.3) is 0 Å². The van der Waals surface area contributed by atoms with Gasteiger partial charge in [-0.2, -0.15) is 0 Å². The first-order valence-corrected chi connectivity index (χ1v) is 5.39. The van der Waals surface area contributed by atoms with Gasteiger partial charge in [-0.3, -0.25) is 0 Å². The molecule has 0 aromatic carbocycles. The molecule has 0 saturated heterocycles. The van der Waals surface area contributed by atoms with Crippen LogP contribution in [0.15, 0.2) is 0 Å². The molecule has 11 heavy (non-hydrogen) atoms. The highest BCUT2D eigenvalue weighted by atomic mass is 35.5. The van der Waals surface area contributed by atoms with Crippen LogP contribution in [0.5, 0.6) is 0 Å². The Bertz CT molecular complexity index is 76.9. The Balaban J connectivity index is 3.76. The molecule has 0 radical (unpaired) electrons. The highest BCUT2D eigenvalue weighted by molar-refractivity contribution is 6.18. The number of halogens is 1. The van der Waals surface area contributed by atoms with E-state index in [1.807, 2.05) is 0 Å². The van der Waals surface area contributed by atoms with Gasteiger partial charge in [0.2, 0.25) is 0 Å². The molecule has 0 amide bonds. The maximum atomic E-state index is 5.88. The Morgan fingerprint density at radius 3 is 1.82 bits per heavy atom. The molecule has 0 spiro atoms. The summed E-state index contributed by atoms with van der Waals surface area (Å²) in [4.78, 5) is 0. The molecule has 0 bridgehead atoms. The Labute approximate surface area is 76.3 Å². The van der Waals surface area contributed by atoms with Gasteiger partial charge >= 0.3 is 0 Å². The molecule has 0 aliphatic rings. The SMILES string of the molecule is CCCC(CC)C(CC)CCl. The minimum absolute atomic E-state index is 0.751. The van der Waals surface area contributed by atoms with Crippen molar-refractivity contribution in [3.8, 4) is 0 Å². The number of rotatable bonds is 6. The summed E-state index contributed by atoms with van der Waals surface area (Å²) in [5, 5.41) is 0. The molecular weight excluding hydrogens is 156 g/mol. The Morgan fingerprint density at radius 1 is 1.00 bits per heavy atom. The smallest absolute Gasteiger partial charge is 0.0254 e. The van der Waals surface area contributed by atoms with Crippen molar-refractivity contribution in [1.29, 1.82) is 0 Å². The lowest BCUT2D eigenvalue weighted by Gasteiger charge is -2.22. The summed E-state index contributed by atoms with van der Waals surface area (Å²) < 4.78 is 0. The van der Waals surface area contributed by atoms with E-state index in [0.717, 1.165) is 17.7 Å². The molecule has 68 valence electrons. The van der Waals surface area contributed by atoms with Crippen LogP contribution in [0.2, 0.25) is 0 Å². The van der Waals surface area contributed by atoms with Crippen LogP contribution in [0.4, 0.5) is 0 Å². The predicted molar refractivity (Wildman–Crippen MR) is 53.2 cm³/mol. The zero-order valence-corrected chi connectivity index (χ0v) is 8.82. The van der Waals surface area contributed by atoms with Crippen molar-refractivity contribution in [2.24, 2.45) is 11.8 Å². The van der Waals surface area contributed by atoms with Gasteiger partial charge < -0.3 is 0 Å². The van der Waals surface area contributed by atoms with Gasteiger partial charge in [-0.15, -0.1) is 11.6 Å². The van der Waals surface area contributed by atoms with Crippen LogP contribution in [0.3, 0.4) is 0 Å². The molecule has 1 heteroatoms. The monoisotopic (exact) mass is 176 g/mol. The maximum Gasteiger partial charge on any atom is 0.0254 e. The fraction of sp³-hybridized carbons (Fsp3) is 1.00. The van der Waals surface area contributed by atoms with Crippen LogP contribution in [0.25, 0.3) is 0 Å². The zero-order valence-electron chi connectivity index (χ0n) is 8.07. The lowest BCUT2D eigenvalue weighted by Crippen LogP contribution is -2.14. The van der Waals surface area contributed by atoms with Gasteiger partial charge in [-0.1, -0.05) is 46.5 Å². The average molecular weight is 177 g/mol. The van der Waals surface area contributed by atoms with Crippen molar-refractivity contribution in [2.45, 2.75) is 46.5 Å². The van der Waals surface area contributed by atoms with E-state index >= 15 is 0 Å². The van der Waals surface area contributed by atoms with Crippen molar-refractivity contribution in [2.75, 3.05) is 5.88 Å². The van der Waals surface area contributed by atoms with Crippen LogP contribution in [0.1, 0.15) is 46.5 Å². The van der Waals surface area contributed by atoms with E-state index in [0.29, 0.717) is 0 Å². The summed E-state index contributed by atoms with van der Waals surface area (Å²) in [5.74, 6) is 2.46. The van der Waals surface area contributed by atoms with Crippen LogP contribution in [0, 0.1) is 11.8 Å². The van der Waals surface area contributed by atoms with E-state index in [2.05, 4.69) is 20.8 Å². The fourth-order valence-corrected chi connectivity index (χ4v) is 2.18. The second-order valence-corrected chi connectivity index (χ2v) is 3.59. The number of alkyl halides is 1. The standard InChI is InChI=1S/C10H21Cl/c1-4-7-9(5-2)10(6-3)8-11/h9-10H,4-8H2,1-3H3. The topological polar surface area (TPSA) is 0 Å². The van der Waals surface area contributed by atoms with Crippen LogP contribution >= 0.6 is 11.6 Å². The molecule has 2 unspecified atom stereocenters. The summed E-state index contributed by atoms with van der Waals surface area (Å²) in [5.41, 5.74) is 0. The van der Waals surface area contributed by atoms with Crippen molar-refractivity contribution in [3.63, 3.8) is 0 Å². The third-order valence-corrected chi connectivity index (χ3v) is 2.97. The lowest BCUT2D eigenvalue weighted by atomic mass is 9.86. The van der Waals surface area contributed by atoms with Gasteiger partial charge in [0, 0.05) is 5.88 Å². The summed E-state index contributed by atoms with van der Waals surface area (Å²) >= 11 is 5.88. The summed E-state index contributed by atoms with van der Waals surface area (Å²) in [7, 11) is 0. The van der Waals surface area contributed by atoms with Crippen LogP contribution in [-0.4, -0.2) is 5.88 Å². The first kappa shape index (κ1) is 11.3. The molecule has 0 aromatic rings. The number of hydrogen-bond donors (Lipinski definition) is 0. The van der Waals surface area contributed by atoms with E-state index in [1.54, 1.807) is 0 Å². The summed E-state index contributed by atoms with van der Waals surface area (Å²) in [6.45, 7) is 6.77. The Hall–Kier alpha value is 0.290. The van der Waals surface area contributed by atoms with Gasteiger partial charge in [-0.05, 0) is 11.8 Å². The molecule has 0 saturated carbocycles.